The number of nitriles is 1. The third-order valence-electron chi connectivity index (χ3n) is 4.49. The molecule has 6 nitrogen and oxygen atoms in total. The van der Waals surface area contributed by atoms with E-state index >= 15 is 0 Å². The number of carboxylic acid groups (broad SMARTS) is 1. The minimum absolute atomic E-state index is 0.138. The molecule has 10 heteroatoms. The largest absolute Gasteiger partial charge is 0.483 e. The normalized spacial score (nSPS) is 13.0. The van der Waals surface area contributed by atoms with E-state index in [2.05, 4.69) is 5.32 Å². The van der Waals surface area contributed by atoms with Crippen LogP contribution in [0.15, 0.2) is 30.3 Å². The highest BCUT2D eigenvalue weighted by Crippen LogP contribution is 2.28. The summed E-state index contributed by atoms with van der Waals surface area (Å²) in [6.45, 7) is 4.16. The number of anilines is 2. The van der Waals surface area contributed by atoms with E-state index < -0.39 is 5.82 Å². The summed E-state index contributed by atoms with van der Waals surface area (Å²) in [6.07, 6.45) is 0. The summed E-state index contributed by atoms with van der Waals surface area (Å²) in [5.41, 5.74) is 2.38. The monoisotopic (exact) mass is 468 g/mol. The molecule has 0 amide bonds. The van der Waals surface area contributed by atoms with E-state index in [9.17, 15) is 4.39 Å². The van der Waals surface area contributed by atoms with E-state index in [4.69, 9.17) is 50.6 Å². The molecule has 0 saturated carbocycles. The highest BCUT2D eigenvalue weighted by atomic mass is 35.5. The fourth-order valence-electron chi connectivity index (χ4n) is 2.89. The summed E-state index contributed by atoms with van der Waals surface area (Å²) in [5.74, 6) is -0.445. The van der Waals surface area contributed by atoms with Crippen LogP contribution in [0.25, 0.3) is 0 Å². The summed E-state index contributed by atoms with van der Waals surface area (Å²) < 4.78 is 14.3. The average Bonchev–Trinajstić information content (AvgIpc) is 2.73. The fraction of sp³-hybridized carbons (Fsp3) is 0.250. The Kier molecular flexibility index (Phi) is 8.66. The Balaban J connectivity index is 0.00000101. The number of halogens is 3. The van der Waals surface area contributed by atoms with Gasteiger partial charge in [0.2, 0.25) is 0 Å². The van der Waals surface area contributed by atoms with Gasteiger partial charge in [-0.05, 0) is 49.0 Å². The Labute approximate surface area is 189 Å². The van der Waals surface area contributed by atoms with Gasteiger partial charge in [-0.25, -0.2) is 4.39 Å². The molecule has 2 N–H and O–H groups in total. The molecule has 2 aromatic carbocycles. The molecule has 158 valence electrons. The summed E-state index contributed by atoms with van der Waals surface area (Å²) in [4.78, 5) is 12.3. The third kappa shape index (κ3) is 5.95. The van der Waals surface area contributed by atoms with Crippen molar-refractivity contribution in [2.24, 2.45) is 0 Å². The maximum Gasteiger partial charge on any atom is 0.290 e. The molecule has 2 aromatic rings. The van der Waals surface area contributed by atoms with Gasteiger partial charge in [0.1, 0.15) is 11.9 Å². The topological polar surface area (TPSA) is 79.6 Å². The molecule has 30 heavy (non-hydrogen) atoms. The predicted molar refractivity (Wildman–Crippen MR) is 121 cm³/mol. The number of benzene rings is 2. The number of carbonyl (C=O) groups is 1. The molecular weight excluding hydrogens is 450 g/mol. The first-order chi connectivity index (χ1) is 14.3. The molecular formula is C20H19Cl2FN4O2S. The van der Waals surface area contributed by atoms with Gasteiger partial charge in [0.15, 0.2) is 5.11 Å². The quantitative estimate of drug-likeness (QED) is 0.494. The fourth-order valence-corrected chi connectivity index (χ4v) is 3.57. The van der Waals surface area contributed by atoms with Crippen LogP contribution >= 0.6 is 35.4 Å². The van der Waals surface area contributed by atoms with Crippen LogP contribution in [0.4, 0.5) is 15.8 Å². The molecule has 1 aliphatic rings. The average molecular weight is 469 g/mol. The zero-order valence-corrected chi connectivity index (χ0v) is 18.4. The van der Waals surface area contributed by atoms with Crippen molar-refractivity contribution in [3.05, 3.63) is 57.3 Å². The van der Waals surface area contributed by atoms with Gasteiger partial charge in [-0.2, -0.15) is 5.26 Å². The molecule has 1 fully saturated rings. The Morgan fingerprint density at radius 3 is 2.43 bits per heavy atom. The molecule has 0 bridgehead atoms. The molecule has 0 radical (unpaired) electrons. The molecule has 1 heterocycles. The van der Waals surface area contributed by atoms with E-state index in [-0.39, 0.29) is 17.1 Å². The van der Waals surface area contributed by atoms with Crippen molar-refractivity contribution >= 4 is 58.4 Å². The van der Waals surface area contributed by atoms with E-state index in [1.54, 1.807) is 0 Å². The van der Waals surface area contributed by atoms with Gasteiger partial charge in [0, 0.05) is 36.9 Å². The molecule has 1 saturated heterocycles. The zero-order valence-electron chi connectivity index (χ0n) is 16.0. The van der Waals surface area contributed by atoms with Crippen molar-refractivity contribution < 1.29 is 14.3 Å². The lowest BCUT2D eigenvalue weighted by atomic mass is 10.1. The van der Waals surface area contributed by atoms with Gasteiger partial charge in [-0.1, -0.05) is 29.3 Å². The lowest BCUT2D eigenvalue weighted by Gasteiger charge is -2.37. The van der Waals surface area contributed by atoms with E-state index in [1.807, 2.05) is 41.0 Å². The van der Waals surface area contributed by atoms with Gasteiger partial charge in [0.25, 0.3) is 6.47 Å². The molecule has 1 aliphatic heterocycles. The number of thiocarbonyl (C=S) groups is 1. The van der Waals surface area contributed by atoms with Crippen molar-refractivity contribution in [1.82, 2.24) is 4.90 Å². The Bertz CT molecular complexity index is 976. The van der Waals surface area contributed by atoms with Gasteiger partial charge in [-0.3, -0.25) is 4.79 Å². The van der Waals surface area contributed by atoms with Crippen molar-refractivity contribution in [2.45, 2.75) is 6.92 Å². The number of nitrogens with one attached hydrogen (secondary N) is 1. The number of aryl methyl sites for hydroxylation is 1. The molecule has 0 aromatic heterocycles. The Morgan fingerprint density at radius 1 is 1.23 bits per heavy atom. The Morgan fingerprint density at radius 2 is 1.87 bits per heavy atom. The lowest BCUT2D eigenvalue weighted by Crippen LogP contribution is -2.50. The molecule has 3 rings (SSSR count). The summed E-state index contributed by atoms with van der Waals surface area (Å²) >= 11 is 17.7. The van der Waals surface area contributed by atoms with Crippen molar-refractivity contribution in [2.75, 3.05) is 36.4 Å². The van der Waals surface area contributed by atoms with Crippen LogP contribution in [-0.4, -0.2) is 47.8 Å². The predicted octanol–water partition coefficient (Wildman–Crippen LogP) is 4.53. The zero-order chi connectivity index (χ0) is 22.3. The second-order valence-corrected chi connectivity index (χ2v) is 7.57. The number of piperazine rings is 1. The standard InChI is InChI=1S/C19H17Cl2FN4S.CH2O2/c1-12-2-3-14(9-15(12)20)24-19(27)26-6-4-25(5-7-26)18-10-16(21)13(11-23)8-17(18)22;2-1-3/h2-3,8-10H,4-7H2,1H3,(H,24,27);1H,(H,2,3). The number of rotatable bonds is 2. The van der Waals surface area contributed by atoms with Crippen LogP contribution in [0.5, 0.6) is 0 Å². The minimum Gasteiger partial charge on any atom is -0.483 e. The maximum absolute atomic E-state index is 14.3. The van der Waals surface area contributed by atoms with Crippen LogP contribution in [0.2, 0.25) is 10.0 Å². The number of hydrogen-bond acceptors (Lipinski definition) is 4. The van der Waals surface area contributed by atoms with Crippen LogP contribution in [-0.2, 0) is 4.79 Å². The minimum atomic E-state index is -0.445. The van der Waals surface area contributed by atoms with Crippen molar-refractivity contribution in [1.29, 1.82) is 5.26 Å². The highest BCUT2D eigenvalue weighted by Gasteiger charge is 2.22. The second-order valence-electron chi connectivity index (χ2n) is 6.37. The van der Waals surface area contributed by atoms with Crippen LogP contribution < -0.4 is 10.2 Å². The molecule has 0 unspecified atom stereocenters. The van der Waals surface area contributed by atoms with Gasteiger partial charge in [0.05, 0.1) is 16.3 Å². The van der Waals surface area contributed by atoms with Crippen LogP contribution in [0.1, 0.15) is 11.1 Å². The number of nitrogens with zero attached hydrogens (tertiary/aromatic N) is 3. The van der Waals surface area contributed by atoms with Crippen molar-refractivity contribution in [3.8, 4) is 6.07 Å². The smallest absolute Gasteiger partial charge is 0.290 e. The SMILES string of the molecule is Cc1ccc(NC(=S)N2CCN(c3cc(Cl)c(C#N)cc3F)CC2)cc1Cl.O=CO. The maximum atomic E-state index is 14.3. The van der Waals surface area contributed by atoms with E-state index in [0.29, 0.717) is 42.0 Å². The Hall–Kier alpha value is -2.60. The van der Waals surface area contributed by atoms with Gasteiger partial charge < -0.3 is 20.2 Å². The molecule has 0 spiro atoms. The molecule has 0 aliphatic carbocycles. The second kappa shape index (κ2) is 11.0. The van der Waals surface area contributed by atoms with Crippen molar-refractivity contribution in [3.63, 3.8) is 0 Å². The van der Waals surface area contributed by atoms with Gasteiger partial charge >= 0.3 is 0 Å². The van der Waals surface area contributed by atoms with Gasteiger partial charge in [-0.15, -0.1) is 0 Å². The van der Waals surface area contributed by atoms with E-state index in [0.717, 1.165) is 11.3 Å². The summed E-state index contributed by atoms with van der Waals surface area (Å²) in [6, 6.07) is 10.3. The third-order valence-corrected chi connectivity index (χ3v) is 5.57. The first kappa shape index (κ1) is 23.7. The molecule has 0 atom stereocenters. The first-order valence-corrected chi connectivity index (χ1v) is 10.0. The number of hydrogen-bond donors (Lipinski definition) is 2. The highest BCUT2D eigenvalue weighted by molar-refractivity contribution is 7.80. The lowest BCUT2D eigenvalue weighted by molar-refractivity contribution is -0.122. The summed E-state index contributed by atoms with van der Waals surface area (Å²) in [7, 11) is 0. The van der Waals surface area contributed by atoms with Crippen LogP contribution in [0.3, 0.4) is 0 Å². The summed E-state index contributed by atoms with van der Waals surface area (Å²) in [5, 5.41) is 20.6. The van der Waals surface area contributed by atoms with Crippen LogP contribution in [0, 0.1) is 24.1 Å². The first-order valence-electron chi connectivity index (χ1n) is 8.84. The van der Waals surface area contributed by atoms with E-state index in [1.165, 1.54) is 12.1 Å².